The van der Waals surface area contributed by atoms with Gasteiger partial charge in [0.1, 0.15) is 5.60 Å². The fourth-order valence-electron chi connectivity index (χ4n) is 1.35. The molecule has 1 amide bonds. The predicted octanol–water partition coefficient (Wildman–Crippen LogP) is 2.64. The molecular formula is C12H14N2O6. The highest BCUT2D eigenvalue weighted by atomic mass is 16.6. The number of benzene rings is 1. The van der Waals surface area contributed by atoms with E-state index >= 15 is 0 Å². The number of non-ortho nitro benzene ring substituents is 1. The number of hydrogen-bond acceptors (Lipinski definition) is 5. The first-order chi connectivity index (χ1) is 9.10. The van der Waals surface area contributed by atoms with E-state index in [4.69, 9.17) is 9.84 Å². The second-order valence-electron chi connectivity index (χ2n) is 4.92. The monoisotopic (exact) mass is 282 g/mol. The van der Waals surface area contributed by atoms with Gasteiger partial charge in [-0.1, -0.05) is 0 Å². The van der Waals surface area contributed by atoms with Crippen LogP contribution in [-0.4, -0.2) is 27.7 Å². The molecule has 0 bridgehead atoms. The number of nitrogens with one attached hydrogen (secondary N) is 1. The maximum absolute atomic E-state index is 11.6. The normalized spacial score (nSPS) is 10.8. The van der Waals surface area contributed by atoms with Crippen LogP contribution in [0, 0.1) is 10.1 Å². The number of nitrogens with zero attached hydrogens (tertiary/aromatic N) is 1. The summed E-state index contributed by atoms with van der Waals surface area (Å²) in [6.45, 7) is 4.91. The lowest BCUT2D eigenvalue weighted by Crippen LogP contribution is -2.27. The summed E-state index contributed by atoms with van der Waals surface area (Å²) >= 11 is 0. The van der Waals surface area contributed by atoms with E-state index in [0.717, 1.165) is 18.2 Å². The molecule has 0 aliphatic heterocycles. The highest BCUT2D eigenvalue weighted by Gasteiger charge is 2.20. The molecule has 0 saturated carbocycles. The van der Waals surface area contributed by atoms with Crippen molar-refractivity contribution in [3.05, 3.63) is 33.9 Å². The van der Waals surface area contributed by atoms with E-state index in [9.17, 15) is 19.7 Å². The molecule has 0 radical (unpaired) electrons. The number of hydrogen-bond donors (Lipinski definition) is 2. The molecule has 0 aliphatic rings. The number of carboxylic acids is 1. The Morgan fingerprint density at radius 3 is 2.40 bits per heavy atom. The molecule has 0 saturated heterocycles. The van der Waals surface area contributed by atoms with Crippen LogP contribution in [0.3, 0.4) is 0 Å². The van der Waals surface area contributed by atoms with Gasteiger partial charge in [0.25, 0.3) is 5.69 Å². The van der Waals surface area contributed by atoms with Crippen LogP contribution in [0.5, 0.6) is 0 Å². The van der Waals surface area contributed by atoms with Crippen molar-refractivity contribution >= 4 is 23.4 Å². The van der Waals surface area contributed by atoms with Crippen LogP contribution in [0.25, 0.3) is 0 Å². The van der Waals surface area contributed by atoms with Gasteiger partial charge in [-0.3, -0.25) is 15.4 Å². The van der Waals surface area contributed by atoms with Gasteiger partial charge in [-0.05, 0) is 26.8 Å². The Morgan fingerprint density at radius 2 is 1.95 bits per heavy atom. The Balaban J connectivity index is 3.08. The second kappa shape index (κ2) is 5.55. The zero-order chi connectivity index (χ0) is 15.5. The number of amides is 1. The number of carbonyl (C=O) groups is 2. The summed E-state index contributed by atoms with van der Waals surface area (Å²) in [5, 5.41) is 21.8. The highest BCUT2D eigenvalue weighted by molar-refractivity contribution is 5.99. The summed E-state index contributed by atoms with van der Waals surface area (Å²) in [5.41, 5.74) is -1.56. The Kier molecular flexibility index (Phi) is 4.28. The largest absolute Gasteiger partial charge is 0.478 e. The number of aromatic carboxylic acids is 1. The molecule has 0 spiro atoms. The smallest absolute Gasteiger partial charge is 0.412 e. The van der Waals surface area contributed by atoms with Crippen LogP contribution in [0.1, 0.15) is 31.1 Å². The maximum atomic E-state index is 11.6. The van der Waals surface area contributed by atoms with Gasteiger partial charge in [-0.2, -0.15) is 0 Å². The SMILES string of the molecule is CC(C)(C)OC(=O)Nc1cc([N+](=O)[O-])ccc1C(=O)O. The van der Waals surface area contributed by atoms with Gasteiger partial charge >= 0.3 is 12.1 Å². The molecule has 0 aromatic heterocycles. The molecule has 0 heterocycles. The van der Waals surface area contributed by atoms with Crippen molar-refractivity contribution < 1.29 is 24.4 Å². The zero-order valence-corrected chi connectivity index (χ0v) is 11.2. The number of rotatable bonds is 3. The third kappa shape index (κ3) is 4.23. The van der Waals surface area contributed by atoms with Crippen molar-refractivity contribution in [3.8, 4) is 0 Å². The molecular weight excluding hydrogens is 268 g/mol. The molecule has 20 heavy (non-hydrogen) atoms. The van der Waals surface area contributed by atoms with E-state index < -0.39 is 22.6 Å². The molecule has 108 valence electrons. The highest BCUT2D eigenvalue weighted by Crippen LogP contribution is 2.23. The number of nitro benzene ring substituents is 1. The van der Waals surface area contributed by atoms with Gasteiger partial charge in [-0.25, -0.2) is 9.59 Å². The summed E-state index contributed by atoms with van der Waals surface area (Å²) < 4.78 is 4.96. The number of ether oxygens (including phenoxy) is 1. The lowest BCUT2D eigenvalue weighted by atomic mass is 10.1. The zero-order valence-electron chi connectivity index (χ0n) is 11.2. The average Bonchev–Trinajstić information content (AvgIpc) is 2.25. The van der Waals surface area contributed by atoms with Gasteiger partial charge in [0.2, 0.25) is 0 Å². The van der Waals surface area contributed by atoms with E-state index in [0.29, 0.717) is 0 Å². The molecule has 2 N–H and O–H groups in total. The van der Waals surface area contributed by atoms with Crippen LogP contribution in [0.2, 0.25) is 0 Å². The molecule has 8 nitrogen and oxygen atoms in total. The Hall–Kier alpha value is -2.64. The molecule has 0 atom stereocenters. The number of carbonyl (C=O) groups excluding carboxylic acids is 1. The van der Waals surface area contributed by atoms with Crippen LogP contribution in [0.15, 0.2) is 18.2 Å². The minimum Gasteiger partial charge on any atom is -0.478 e. The Bertz CT molecular complexity index is 562. The van der Waals surface area contributed by atoms with Gasteiger partial charge in [0.15, 0.2) is 0 Å². The lowest BCUT2D eigenvalue weighted by Gasteiger charge is -2.20. The fraction of sp³-hybridized carbons (Fsp3) is 0.333. The summed E-state index contributed by atoms with van der Waals surface area (Å²) in [4.78, 5) is 32.6. The fourth-order valence-corrected chi connectivity index (χ4v) is 1.35. The standard InChI is InChI=1S/C12H14N2O6/c1-12(2,3)20-11(17)13-9-6-7(14(18)19)4-5-8(9)10(15)16/h4-6H,1-3H3,(H,13,17)(H,15,16). The topological polar surface area (TPSA) is 119 Å². The first kappa shape index (κ1) is 15.4. The molecule has 8 heteroatoms. The van der Waals surface area contributed by atoms with E-state index in [1.165, 1.54) is 0 Å². The van der Waals surface area contributed by atoms with Crippen molar-refractivity contribution in [3.63, 3.8) is 0 Å². The summed E-state index contributed by atoms with van der Waals surface area (Å²) in [7, 11) is 0. The third-order valence-electron chi connectivity index (χ3n) is 2.08. The first-order valence-electron chi connectivity index (χ1n) is 5.62. The van der Waals surface area contributed by atoms with Gasteiger partial charge in [0.05, 0.1) is 16.2 Å². The van der Waals surface area contributed by atoms with Crippen LogP contribution in [-0.2, 0) is 4.74 Å². The van der Waals surface area contributed by atoms with E-state index in [2.05, 4.69) is 5.32 Å². The quantitative estimate of drug-likeness (QED) is 0.649. The second-order valence-corrected chi connectivity index (χ2v) is 4.92. The van der Waals surface area contributed by atoms with E-state index in [1.54, 1.807) is 20.8 Å². The molecule has 0 aliphatic carbocycles. The van der Waals surface area contributed by atoms with Crippen molar-refractivity contribution in [2.45, 2.75) is 26.4 Å². The molecule has 1 rings (SSSR count). The maximum Gasteiger partial charge on any atom is 0.412 e. The van der Waals surface area contributed by atoms with Crippen molar-refractivity contribution in [2.75, 3.05) is 5.32 Å². The average molecular weight is 282 g/mol. The minimum atomic E-state index is -1.31. The Labute approximate surface area is 114 Å². The lowest BCUT2D eigenvalue weighted by molar-refractivity contribution is -0.384. The number of anilines is 1. The summed E-state index contributed by atoms with van der Waals surface area (Å²) in [6.07, 6.45) is -0.888. The van der Waals surface area contributed by atoms with Crippen LogP contribution >= 0.6 is 0 Å². The molecule has 1 aromatic carbocycles. The summed E-state index contributed by atoms with van der Waals surface area (Å²) in [5.74, 6) is -1.31. The first-order valence-corrected chi connectivity index (χ1v) is 5.62. The minimum absolute atomic E-state index is 0.194. The van der Waals surface area contributed by atoms with E-state index in [1.807, 2.05) is 0 Å². The molecule has 0 unspecified atom stereocenters. The molecule has 0 fully saturated rings. The van der Waals surface area contributed by atoms with Gasteiger partial charge in [-0.15, -0.1) is 0 Å². The van der Waals surface area contributed by atoms with Gasteiger partial charge < -0.3 is 9.84 Å². The predicted molar refractivity (Wildman–Crippen MR) is 69.9 cm³/mol. The van der Waals surface area contributed by atoms with Crippen LogP contribution in [0.4, 0.5) is 16.2 Å². The molecule has 1 aromatic rings. The van der Waals surface area contributed by atoms with Crippen molar-refractivity contribution in [1.82, 2.24) is 0 Å². The Morgan fingerprint density at radius 1 is 1.35 bits per heavy atom. The van der Waals surface area contributed by atoms with Crippen molar-refractivity contribution in [2.24, 2.45) is 0 Å². The summed E-state index contributed by atoms with van der Waals surface area (Å²) in [6, 6.07) is 3.06. The number of carboxylic acid groups (broad SMARTS) is 1. The number of nitro groups is 1. The van der Waals surface area contributed by atoms with Gasteiger partial charge in [0, 0.05) is 12.1 Å². The van der Waals surface area contributed by atoms with Crippen molar-refractivity contribution in [1.29, 1.82) is 0 Å². The van der Waals surface area contributed by atoms with E-state index in [-0.39, 0.29) is 16.9 Å². The van der Waals surface area contributed by atoms with Crippen LogP contribution < -0.4 is 5.32 Å². The third-order valence-corrected chi connectivity index (χ3v) is 2.08.